The third kappa shape index (κ3) is 7.19. The second-order valence-electron chi connectivity index (χ2n) is 9.13. The lowest BCUT2D eigenvalue weighted by atomic mass is 9.95. The first-order chi connectivity index (χ1) is 16.4. The van der Waals surface area contributed by atoms with Gasteiger partial charge in [0.25, 0.3) is 5.91 Å². The van der Waals surface area contributed by atoms with Crippen LogP contribution < -0.4 is 10.6 Å². The van der Waals surface area contributed by atoms with Gasteiger partial charge >= 0.3 is 5.97 Å². The number of carboxylic acids is 1. The molecule has 3 rings (SSSR count). The topological polar surface area (TPSA) is 121 Å². The van der Waals surface area contributed by atoms with E-state index in [1.807, 2.05) is 30.3 Å². The Morgan fingerprint density at radius 3 is 2.20 bits per heavy atom. The van der Waals surface area contributed by atoms with Crippen molar-refractivity contribution in [3.63, 3.8) is 0 Å². The maximum absolute atomic E-state index is 13.0. The number of amides is 2. The number of rotatable bonds is 8. The highest BCUT2D eigenvalue weighted by Gasteiger charge is 2.26. The van der Waals surface area contributed by atoms with E-state index in [2.05, 4.69) is 57.3 Å². The third-order valence-corrected chi connectivity index (χ3v) is 7.11. The van der Waals surface area contributed by atoms with Crippen LogP contribution in [0.5, 0.6) is 0 Å². The lowest BCUT2D eigenvalue weighted by molar-refractivity contribution is -0.141. The molecule has 1 aromatic carbocycles. The maximum Gasteiger partial charge on any atom is 0.325 e. The zero-order chi connectivity index (χ0) is 25.8. The van der Waals surface area contributed by atoms with Crippen LogP contribution in [0.3, 0.4) is 0 Å². The summed E-state index contributed by atoms with van der Waals surface area (Å²) in [6, 6.07) is 8.93. The van der Waals surface area contributed by atoms with Gasteiger partial charge in [0, 0.05) is 29.3 Å². The first kappa shape index (κ1) is 26.5. The lowest BCUT2D eigenvalue weighted by Gasteiger charge is -2.20. The van der Waals surface area contributed by atoms with Crippen LogP contribution in [0, 0.1) is 0 Å². The Morgan fingerprint density at radius 2 is 1.66 bits per heavy atom. The molecule has 184 valence electrons. The average molecular weight is 559 g/mol. The van der Waals surface area contributed by atoms with Crippen molar-refractivity contribution in [2.24, 2.45) is 0 Å². The molecule has 0 aliphatic heterocycles. The SMILES string of the molecule is C[C@@H](NC(=O)[C@H](Cc1ccc(-c2ncc(Br)cn2)cc1)NC(=O)c1ccc(C(C)(C)C)s1)C(=O)O. The first-order valence-electron chi connectivity index (χ1n) is 11.0. The number of aliphatic carboxylic acids is 1. The minimum Gasteiger partial charge on any atom is -0.480 e. The van der Waals surface area contributed by atoms with Gasteiger partial charge in [0.1, 0.15) is 12.1 Å². The smallest absolute Gasteiger partial charge is 0.325 e. The molecule has 3 aromatic rings. The molecule has 0 radical (unpaired) electrons. The Kier molecular flexibility index (Phi) is 8.39. The Balaban J connectivity index is 1.79. The molecule has 0 saturated heterocycles. The van der Waals surface area contributed by atoms with Gasteiger partial charge in [0.05, 0.1) is 9.35 Å². The molecule has 0 aliphatic carbocycles. The number of benzene rings is 1. The number of thiophene rings is 1. The second-order valence-corrected chi connectivity index (χ2v) is 11.1. The summed E-state index contributed by atoms with van der Waals surface area (Å²) in [6.07, 6.45) is 3.50. The Morgan fingerprint density at radius 1 is 1.03 bits per heavy atom. The van der Waals surface area contributed by atoms with Crippen LogP contribution in [0.4, 0.5) is 0 Å². The van der Waals surface area contributed by atoms with Gasteiger partial charge in [-0.25, -0.2) is 9.97 Å². The molecule has 0 saturated carbocycles. The fourth-order valence-electron chi connectivity index (χ4n) is 3.16. The van der Waals surface area contributed by atoms with E-state index < -0.39 is 24.0 Å². The van der Waals surface area contributed by atoms with Gasteiger partial charge < -0.3 is 15.7 Å². The number of hydrogen-bond acceptors (Lipinski definition) is 6. The summed E-state index contributed by atoms with van der Waals surface area (Å²) in [5, 5.41) is 14.4. The molecule has 0 unspecified atom stereocenters. The first-order valence-corrected chi connectivity index (χ1v) is 12.6. The predicted octanol–water partition coefficient (Wildman–Crippen LogP) is 4.20. The quantitative estimate of drug-likeness (QED) is 0.381. The summed E-state index contributed by atoms with van der Waals surface area (Å²) < 4.78 is 0.776. The maximum atomic E-state index is 13.0. The predicted molar refractivity (Wildman–Crippen MR) is 138 cm³/mol. The van der Waals surface area contributed by atoms with Gasteiger partial charge in [-0.3, -0.25) is 14.4 Å². The molecule has 2 heterocycles. The van der Waals surface area contributed by atoms with Gasteiger partial charge in [0.15, 0.2) is 5.82 Å². The zero-order valence-electron chi connectivity index (χ0n) is 19.8. The van der Waals surface area contributed by atoms with Crippen molar-refractivity contribution >= 4 is 45.1 Å². The summed E-state index contributed by atoms with van der Waals surface area (Å²) in [6.45, 7) is 7.56. The number of halogens is 1. The summed E-state index contributed by atoms with van der Waals surface area (Å²) in [4.78, 5) is 47.2. The molecule has 10 heteroatoms. The Bertz CT molecular complexity index is 1200. The minimum atomic E-state index is -1.16. The largest absolute Gasteiger partial charge is 0.480 e. The molecule has 8 nitrogen and oxygen atoms in total. The van der Waals surface area contributed by atoms with Crippen LogP contribution in [0.15, 0.2) is 53.3 Å². The second kappa shape index (κ2) is 11.1. The van der Waals surface area contributed by atoms with E-state index in [0.717, 1.165) is 20.5 Å². The van der Waals surface area contributed by atoms with Crippen molar-refractivity contribution in [1.82, 2.24) is 20.6 Å². The molecule has 2 atom stereocenters. The van der Waals surface area contributed by atoms with E-state index in [9.17, 15) is 19.5 Å². The van der Waals surface area contributed by atoms with E-state index in [1.165, 1.54) is 18.3 Å². The molecule has 3 N–H and O–H groups in total. The molecule has 0 fully saturated rings. The van der Waals surface area contributed by atoms with Crippen LogP contribution >= 0.6 is 27.3 Å². The van der Waals surface area contributed by atoms with Gasteiger partial charge in [-0.2, -0.15) is 0 Å². The van der Waals surface area contributed by atoms with Crippen molar-refractivity contribution in [2.75, 3.05) is 0 Å². The molecular weight excluding hydrogens is 532 g/mol. The highest BCUT2D eigenvalue weighted by atomic mass is 79.9. The normalized spacial score (nSPS) is 13.1. The summed E-state index contributed by atoms with van der Waals surface area (Å²) >= 11 is 4.68. The van der Waals surface area contributed by atoms with Crippen LogP contribution in [0.2, 0.25) is 0 Å². The summed E-state index contributed by atoms with van der Waals surface area (Å²) in [7, 11) is 0. The van der Waals surface area contributed by atoms with E-state index in [-0.39, 0.29) is 17.7 Å². The average Bonchev–Trinajstić information content (AvgIpc) is 3.31. The van der Waals surface area contributed by atoms with Crippen molar-refractivity contribution < 1.29 is 19.5 Å². The van der Waals surface area contributed by atoms with E-state index in [4.69, 9.17) is 0 Å². The van der Waals surface area contributed by atoms with Gasteiger partial charge in [-0.1, -0.05) is 45.0 Å². The van der Waals surface area contributed by atoms with Crippen molar-refractivity contribution in [2.45, 2.75) is 51.6 Å². The molecule has 0 spiro atoms. The van der Waals surface area contributed by atoms with E-state index >= 15 is 0 Å². The van der Waals surface area contributed by atoms with Crippen LogP contribution in [-0.2, 0) is 21.4 Å². The Labute approximate surface area is 216 Å². The molecule has 35 heavy (non-hydrogen) atoms. The summed E-state index contributed by atoms with van der Waals surface area (Å²) in [5.41, 5.74) is 1.49. The molecule has 0 bridgehead atoms. The van der Waals surface area contributed by atoms with Crippen molar-refractivity contribution in [3.8, 4) is 11.4 Å². The van der Waals surface area contributed by atoms with Crippen molar-refractivity contribution in [1.29, 1.82) is 0 Å². The number of nitrogens with one attached hydrogen (secondary N) is 2. The summed E-state index contributed by atoms with van der Waals surface area (Å²) in [5.74, 6) is -1.55. The molecule has 2 aromatic heterocycles. The number of carbonyl (C=O) groups is 3. The highest BCUT2D eigenvalue weighted by molar-refractivity contribution is 9.10. The molecular formula is C25H27BrN4O4S. The number of carbonyl (C=O) groups excluding carboxylic acids is 2. The standard InChI is InChI=1S/C25H27BrN4O4S/c1-14(24(33)34)29-22(31)18(30-23(32)19-9-10-20(35-19)25(2,3)4)11-15-5-7-16(8-6-15)21-27-12-17(26)13-28-21/h5-10,12-14,18H,11H2,1-4H3,(H,29,31)(H,30,32)(H,33,34)/t14-,18+/m1/s1. The number of hydrogen-bond donors (Lipinski definition) is 3. The van der Waals surface area contributed by atoms with E-state index in [0.29, 0.717) is 10.7 Å². The van der Waals surface area contributed by atoms with Crippen molar-refractivity contribution in [3.05, 3.63) is 68.6 Å². The molecule has 2 amide bonds. The number of aromatic nitrogens is 2. The fraction of sp³-hybridized carbons (Fsp3) is 0.320. The van der Waals surface area contributed by atoms with Crippen LogP contribution in [0.25, 0.3) is 11.4 Å². The minimum absolute atomic E-state index is 0.100. The highest BCUT2D eigenvalue weighted by Crippen LogP contribution is 2.29. The lowest BCUT2D eigenvalue weighted by Crippen LogP contribution is -2.51. The van der Waals surface area contributed by atoms with Crippen LogP contribution in [0.1, 0.15) is 47.8 Å². The van der Waals surface area contributed by atoms with Crippen LogP contribution in [-0.4, -0.2) is 44.9 Å². The Hall–Kier alpha value is -3.11. The third-order valence-electron chi connectivity index (χ3n) is 5.19. The van der Waals surface area contributed by atoms with Gasteiger partial charge in [-0.15, -0.1) is 11.3 Å². The molecule has 0 aliphatic rings. The number of nitrogens with zero attached hydrogens (tertiary/aromatic N) is 2. The zero-order valence-corrected chi connectivity index (χ0v) is 22.2. The van der Waals surface area contributed by atoms with Gasteiger partial charge in [-0.05, 0) is 46.0 Å². The fourth-order valence-corrected chi connectivity index (χ4v) is 4.34. The van der Waals surface area contributed by atoms with Gasteiger partial charge in [0.2, 0.25) is 5.91 Å². The number of carboxylic acid groups (broad SMARTS) is 1. The monoisotopic (exact) mass is 558 g/mol. The van der Waals surface area contributed by atoms with E-state index in [1.54, 1.807) is 18.5 Å².